The van der Waals surface area contributed by atoms with Crippen molar-refractivity contribution in [3.8, 4) is 28.5 Å². The van der Waals surface area contributed by atoms with Crippen molar-refractivity contribution >= 4 is 27.0 Å². The van der Waals surface area contributed by atoms with E-state index in [4.69, 9.17) is 0 Å². The van der Waals surface area contributed by atoms with Crippen molar-refractivity contribution in [2.45, 2.75) is 26.7 Å². The molecule has 2 heterocycles. The summed E-state index contributed by atoms with van der Waals surface area (Å²) in [5.74, 6) is 0.442. The largest absolute Gasteiger partial charge is 0.338 e. The van der Waals surface area contributed by atoms with Gasteiger partial charge >= 0.3 is 0 Å². The maximum absolute atomic E-state index is 10.0. The smallest absolute Gasteiger partial charge is 0.140 e. The van der Waals surface area contributed by atoms with Gasteiger partial charge in [-0.1, -0.05) is 72.2 Å². The summed E-state index contributed by atoms with van der Waals surface area (Å²) in [5.41, 5.74) is 7.41. The van der Waals surface area contributed by atoms with Crippen LogP contribution in [0.1, 0.15) is 36.6 Å². The van der Waals surface area contributed by atoms with Crippen LogP contribution in [0.3, 0.4) is 0 Å². The van der Waals surface area contributed by atoms with Gasteiger partial charge < -0.3 is 4.98 Å². The van der Waals surface area contributed by atoms with Gasteiger partial charge in [-0.15, -0.1) is 0 Å². The number of halogens is 1. The molecule has 138 valence electrons. The molecular weight excluding hydrogens is 410 g/mol. The van der Waals surface area contributed by atoms with Gasteiger partial charge in [0, 0.05) is 21.1 Å². The second-order valence-electron chi connectivity index (χ2n) is 7.28. The number of nitriles is 1. The summed E-state index contributed by atoms with van der Waals surface area (Å²) in [4.78, 5) is 8.08. The summed E-state index contributed by atoms with van der Waals surface area (Å²) in [5, 5.41) is 10.9. The van der Waals surface area contributed by atoms with Crippen molar-refractivity contribution in [1.82, 2.24) is 9.97 Å². The molecule has 0 aliphatic heterocycles. The lowest BCUT2D eigenvalue weighted by molar-refractivity contribution is 0.866. The third-order valence-electron chi connectivity index (χ3n) is 5.02. The van der Waals surface area contributed by atoms with E-state index in [2.05, 4.69) is 76.1 Å². The molecule has 0 unspecified atom stereocenters. The molecule has 3 nitrogen and oxygen atoms in total. The minimum absolute atomic E-state index is 0.442. The highest BCUT2D eigenvalue weighted by atomic mass is 79.9. The molecule has 28 heavy (non-hydrogen) atoms. The highest BCUT2D eigenvalue weighted by Crippen LogP contribution is 2.39. The van der Waals surface area contributed by atoms with Crippen LogP contribution < -0.4 is 0 Å². The van der Waals surface area contributed by atoms with E-state index in [1.165, 1.54) is 5.56 Å². The summed E-state index contributed by atoms with van der Waals surface area (Å²) in [6, 6.07) is 20.9. The van der Waals surface area contributed by atoms with Crippen LogP contribution in [0.4, 0.5) is 0 Å². The number of H-pyrrole nitrogens is 1. The first kappa shape index (κ1) is 18.5. The molecule has 0 radical (unpaired) electrons. The molecule has 0 atom stereocenters. The minimum atomic E-state index is 0.442. The fraction of sp³-hybridized carbons (Fsp3) is 0.167. The van der Waals surface area contributed by atoms with Gasteiger partial charge in [-0.25, -0.2) is 4.98 Å². The molecule has 4 heteroatoms. The van der Waals surface area contributed by atoms with Crippen molar-refractivity contribution < 1.29 is 0 Å². The number of aromatic nitrogens is 2. The van der Waals surface area contributed by atoms with E-state index in [-0.39, 0.29) is 0 Å². The highest BCUT2D eigenvalue weighted by molar-refractivity contribution is 9.10. The van der Waals surface area contributed by atoms with Gasteiger partial charge in [0.2, 0.25) is 0 Å². The van der Waals surface area contributed by atoms with Crippen LogP contribution in [0.15, 0.2) is 59.1 Å². The lowest BCUT2D eigenvalue weighted by Gasteiger charge is -2.09. The Morgan fingerprint density at radius 3 is 2.43 bits per heavy atom. The molecule has 0 amide bonds. The van der Waals surface area contributed by atoms with Crippen molar-refractivity contribution in [2.75, 3.05) is 0 Å². The Bertz CT molecular complexity index is 1210. The van der Waals surface area contributed by atoms with Crippen LogP contribution in [0.25, 0.3) is 33.4 Å². The number of nitrogens with one attached hydrogen (secondary N) is 1. The zero-order chi connectivity index (χ0) is 19.8. The Morgan fingerprint density at radius 2 is 1.79 bits per heavy atom. The van der Waals surface area contributed by atoms with Gasteiger partial charge in [0.1, 0.15) is 11.7 Å². The first-order valence-electron chi connectivity index (χ1n) is 9.28. The fourth-order valence-electron chi connectivity index (χ4n) is 3.57. The Hall–Kier alpha value is -2.90. The van der Waals surface area contributed by atoms with Gasteiger partial charge in [0.15, 0.2) is 0 Å². The van der Waals surface area contributed by atoms with Crippen molar-refractivity contribution in [3.05, 3.63) is 75.9 Å². The predicted octanol–water partition coefficient (Wildman–Crippen LogP) is 6.96. The zero-order valence-corrected chi connectivity index (χ0v) is 17.6. The van der Waals surface area contributed by atoms with Crippen molar-refractivity contribution in [3.63, 3.8) is 0 Å². The van der Waals surface area contributed by atoms with Crippen LogP contribution in [-0.2, 0) is 0 Å². The van der Waals surface area contributed by atoms with Gasteiger partial charge in [-0.2, -0.15) is 5.26 Å². The maximum atomic E-state index is 10.0. The maximum Gasteiger partial charge on any atom is 0.140 e. The third kappa shape index (κ3) is 3.12. The number of hydrogen-bond acceptors (Lipinski definition) is 2. The Balaban J connectivity index is 2.01. The number of aryl methyl sites for hydroxylation is 1. The van der Waals surface area contributed by atoms with Crippen LogP contribution >= 0.6 is 15.9 Å². The number of fused-ring (bicyclic) bond motifs is 1. The van der Waals surface area contributed by atoms with Gasteiger partial charge in [0.05, 0.1) is 11.3 Å². The normalized spacial score (nSPS) is 11.1. The molecule has 4 aromatic rings. The first-order chi connectivity index (χ1) is 13.5. The van der Waals surface area contributed by atoms with E-state index in [1.54, 1.807) is 0 Å². The standard InChI is InChI=1S/C24H20BrN3/c1-14(2)17-9-10-18(21(25)12-17)23-20(13-26)22-19(16-7-5-4-6-8-16)11-15(3)27-24(22)28-23/h4-12,14H,1-3H3,(H,27,28). The molecule has 0 bridgehead atoms. The second-order valence-corrected chi connectivity index (χ2v) is 8.14. The molecular formula is C24H20BrN3. The Morgan fingerprint density at radius 1 is 1.04 bits per heavy atom. The lowest BCUT2D eigenvalue weighted by Crippen LogP contribution is -1.90. The van der Waals surface area contributed by atoms with Crippen LogP contribution in [0, 0.1) is 18.3 Å². The third-order valence-corrected chi connectivity index (χ3v) is 5.67. The number of pyridine rings is 1. The second kappa shape index (κ2) is 7.26. The van der Waals surface area contributed by atoms with E-state index in [0.717, 1.165) is 43.6 Å². The average molecular weight is 430 g/mol. The molecule has 0 saturated heterocycles. The molecule has 4 rings (SSSR count). The van der Waals surface area contributed by atoms with Gasteiger partial charge in [-0.3, -0.25) is 0 Å². The first-order valence-corrected chi connectivity index (χ1v) is 10.1. The predicted molar refractivity (Wildman–Crippen MR) is 118 cm³/mol. The van der Waals surface area contributed by atoms with Gasteiger partial charge in [0.25, 0.3) is 0 Å². The number of nitrogens with zero attached hydrogens (tertiary/aromatic N) is 2. The van der Waals surface area contributed by atoms with Crippen molar-refractivity contribution in [2.24, 2.45) is 0 Å². The minimum Gasteiger partial charge on any atom is -0.338 e. The average Bonchev–Trinajstić information content (AvgIpc) is 3.05. The summed E-state index contributed by atoms with van der Waals surface area (Å²) < 4.78 is 0.972. The SMILES string of the molecule is Cc1cc(-c2ccccc2)c2c(C#N)c(-c3ccc(C(C)C)cc3Br)[nH]c2n1. The molecule has 0 aliphatic carbocycles. The van der Waals surface area contributed by atoms with Crippen LogP contribution in [0.5, 0.6) is 0 Å². The summed E-state index contributed by atoms with van der Waals surface area (Å²) in [7, 11) is 0. The summed E-state index contributed by atoms with van der Waals surface area (Å²) in [6.07, 6.45) is 0. The zero-order valence-electron chi connectivity index (χ0n) is 16.0. The summed E-state index contributed by atoms with van der Waals surface area (Å²) in [6.45, 7) is 6.32. The molecule has 0 saturated carbocycles. The molecule has 2 aromatic carbocycles. The number of aromatic amines is 1. The van der Waals surface area contributed by atoms with E-state index >= 15 is 0 Å². The molecule has 0 fully saturated rings. The van der Waals surface area contributed by atoms with Crippen molar-refractivity contribution in [1.29, 1.82) is 5.26 Å². The number of rotatable bonds is 3. The Kier molecular flexibility index (Phi) is 4.78. The Labute approximate surface area is 173 Å². The fourth-order valence-corrected chi connectivity index (χ4v) is 4.17. The molecule has 0 spiro atoms. The molecule has 0 aliphatic rings. The highest BCUT2D eigenvalue weighted by Gasteiger charge is 2.20. The van der Waals surface area contributed by atoms with Crippen LogP contribution in [-0.4, -0.2) is 9.97 Å². The molecule has 1 N–H and O–H groups in total. The van der Waals surface area contributed by atoms with E-state index in [0.29, 0.717) is 11.5 Å². The van der Waals surface area contributed by atoms with Gasteiger partial charge in [-0.05, 0) is 41.7 Å². The molecule has 2 aromatic heterocycles. The van der Waals surface area contributed by atoms with E-state index in [1.807, 2.05) is 31.2 Å². The lowest BCUT2D eigenvalue weighted by atomic mass is 9.97. The van der Waals surface area contributed by atoms with Crippen LogP contribution in [0.2, 0.25) is 0 Å². The monoisotopic (exact) mass is 429 g/mol. The summed E-state index contributed by atoms with van der Waals surface area (Å²) >= 11 is 3.70. The van der Waals surface area contributed by atoms with E-state index in [9.17, 15) is 5.26 Å². The topological polar surface area (TPSA) is 52.5 Å². The number of benzene rings is 2. The quantitative estimate of drug-likeness (QED) is 0.382. The number of hydrogen-bond donors (Lipinski definition) is 1. The van der Waals surface area contributed by atoms with E-state index < -0.39 is 0 Å².